The summed E-state index contributed by atoms with van der Waals surface area (Å²) >= 11 is 5.45. The molecule has 1 rings (SSSR count). The van der Waals surface area contributed by atoms with E-state index in [1.165, 1.54) is 12.1 Å². The van der Waals surface area contributed by atoms with Crippen LogP contribution in [-0.4, -0.2) is 21.5 Å². The summed E-state index contributed by atoms with van der Waals surface area (Å²) in [4.78, 5) is 10.9. The standard InChI is InChI=1S/C11H11ClO5S/c1-8-3-5-9(6-4-8)18(14,15)17-7-10(12)11(13)16-2/h3-7H,1-2H3/b10-7+. The zero-order valence-corrected chi connectivity index (χ0v) is 11.3. The van der Waals surface area contributed by atoms with E-state index in [1.54, 1.807) is 12.1 Å². The van der Waals surface area contributed by atoms with Gasteiger partial charge in [-0.05, 0) is 19.1 Å². The Labute approximate surface area is 110 Å². The number of methoxy groups -OCH3 is 1. The smallest absolute Gasteiger partial charge is 0.352 e. The Morgan fingerprint density at radius 2 is 1.83 bits per heavy atom. The van der Waals surface area contributed by atoms with Crippen LogP contribution in [0.5, 0.6) is 0 Å². The van der Waals surface area contributed by atoms with E-state index in [0.717, 1.165) is 12.7 Å². The molecule has 5 nitrogen and oxygen atoms in total. The first-order valence-corrected chi connectivity index (χ1v) is 6.59. The molecule has 0 aromatic heterocycles. The summed E-state index contributed by atoms with van der Waals surface area (Å²) in [5, 5.41) is -0.465. The van der Waals surface area contributed by atoms with E-state index in [9.17, 15) is 13.2 Å². The fourth-order valence-corrected chi connectivity index (χ4v) is 1.99. The largest absolute Gasteiger partial charge is 0.465 e. The quantitative estimate of drug-likeness (QED) is 0.367. The molecule has 0 atom stereocenters. The van der Waals surface area contributed by atoms with Crippen molar-refractivity contribution in [3.63, 3.8) is 0 Å². The van der Waals surface area contributed by atoms with Crippen LogP contribution in [0.3, 0.4) is 0 Å². The molecule has 0 amide bonds. The predicted octanol–water partition coefficient (Wildman–Crippen LogP) is 1.95. The van der Waals surface area contributed by atoms with Crippen molar-refractivity contribution in [2.75, 3.05) is 7.11 Å². The summed E-state index contributed by atoms with van der Waals surface area (Å²) in [6.07, 6.45) is 0.628. The number of rotatable bonds is 4. The Morgan fingerprint density at radius 1 is 1.28 bits per heavy atom. The Kier molecular flexibility index (Phi) is 4.75. The van der Waals surface area contributed by atoms with E-state index < -0.39 is 21.1 Å². The van der Waals surface area contributed by atoms with Gasteiger partial charge in [-0.25, -0.2) is 4.79 Å². The number of esters is 1. The number of aryl methyl sites for hydroxylation is 1. The first-order chi connectivity index (χ1) is 8.36. The van der Waals surface area contributed by atoms with Gasteiger partial charge in [0.2, 0.25) is 0 Å². The fraction of sp³-hybridized carbons (Fsp3) is 0.182. The number of ether oxygens (including phenoxy) is 1. The molecule has 1 aromatic carbocycles. The molecule has 7 heteroatoms. The Morgan fingerprint density at radius 3 is 2.33 bits per heavy atom. The molecule has 0 saturated heterocycles. The Bertz CT molecular complexity index is 560. The van der Waals surface area contributed by atoms with Crippen LogP contribution in [0.25, 0.3) is 0 Å². The predicted molar refractivity (Wildman–Crippen MR) is 65.4 cm³/mol. The van der Waals surface area contributed by atoms with Gasteiger partial charge in [-0.2, -0.15) is 8.42 Å². The van der Waals surface area contributed by atoms with Gasteiger partial charge in [-0.3, -0.25) is 0 Å². The monoisotopic (exact) mass is 290 g/mol. The minimum absolute atomic E-state index is 0.0290. The number of carbonyl (C=O) groups is 1. The van der Waals surface area contributed by atoms with Gasteiger partial charge in [0.05, 0.1) is 7.11 Å². The van der Waals surface area contributed by atoms with E-state index in [4.69, 9.17) is 11.6 Å². The molecule has 0 heterocycles. The maximum absolute atomic E-state index is 11.7. The SMILES string of the molecule is COC(=O)/C(Cl)=C\OS(=O)(=O)c1ccc(C)cc1. The highest BCUT2D eigenvalue weighted by Gasteiger charge is 2.15. The van der Waals surface area contributed by atoms with Gasteiger partial charge in [-0.1, -0.05) is 29.3 Å². The lowest BCUT2D eigenvalue weighted by atomic mass is 10.2. The van der Waals surface area contributed by atoms with E-state index in [-0.39, 0.29) is 4.90 Å². The Hall–Kier alpha value is -1.53. The van der Waals surface area contributed by atoms with Crippen LogP contribution in [0, 0.1) is 6.92 Å². The van der Waals surface area contributed by atoms with Gasteiger partial charge in [0.1, 0.15) is 11.2 Å². The van der Waals surface area contributed by atoms with Crippen LogP contribution in [0.4, 0.5) is 0 Å². The highest BCUT2D eigenvalue weighted by molar-refractivity contribution is 7.86. The molecule has 0 bridgehead atoms. The van der Waals surface area contributed by atoms with E-state index in [0.29, 0.717) is 6.26 Å². The molecular formula is C11H11ClO5S. The van der Waals surface area contributed by atoms with Crippen molar-refractivity contribution in [3.05, 3.63) is 41.1 Å². The molecule has 18 heavy (non-hydrogen) atoms. The third kappa shape index (κ3) is 3.75. The topological polar surface area (TPSA) is 69.7 Å². The van der Waals surface area contributed by atoms with Gasteiger partial charge in [0.15, 0.2) is 5.03 Å². The second-order valence-electron chi connectivity index (χ2n) is 3.32. The zero-order valence-electron chi connectivity index (χ0n) is 9.71. The molecule has 0 spiro atoms. The molecule has 0 radical (unpaired) electrons. The van der Waals surface area contributed by atoms with Crippen molar-refractivity contribution >= 4 is 27.7 Å². The average molecular weight is 291 g/mol. The lowest BCUT2D eigenvalue weighted by molar-refractivity contribution is -0.135. The van der Waals surface area contributed by atoms with Gasteiger partial charge in [0, 0.05) is 0 Å². The van der Waals surface area contributed by atoms with Crippen LogP contribution in [0.1, 0.15) is 5.56 Å². The third-order valence-corrected chi connectivity index (χ3v) is 3.41. The normalized spacial score (nSPS) is 12.1. The first kappa shape index (κ1) is 14.5. The summed E-state index contributed by atoms with van der Waals surface area (Å²) in [5.74, 6) is -0.879. The summed E-state index contributed by atoms with van der Waals surface area (Å²) in [7, 11) is -2.86. The van der Waals surface area contributed by atoms with Crippen molar-refractivity contribution < 1.29 is 22.1 Å². The van der Waals surface area contributed by atoms with Gasteiger partial charge in [0.25, 0.3) is 0 Å². The average Bonchev–Trinajstić information content (AvgIpc) is 2.35. The van der Waals surface area contributed by atoms with Crippen LogP contribution >= 0.6 is 11.6 Å². The van der Waals surface area contributed by atoms with Gasteiger partial charge >= 0.3 is 16.1 Å². The molecule has 0 saturated carbocycles. The number of carbonyl (C=O) groups excluding carboxylic acids is 1. The van der Waals surface area contributed by atoms with E-state index in [1.807, 2.05) is 6.92 Å². The third-order valence-electron chi connectivity index (χ3n) is 1.97. The molecule has 0 aliphatic rings. The minimum Gasteiger partial charge on any atom is -0.465 e. The summed E-state index contributed by atoms with van der Waals surface area (Å²) < 4.78 is 32.2. The molecule has 0 fully saturated rings. The lowest BCUT2D eigenvalue weighted by Crippen LogP contribution is -2.05. The molecule has 0 unspecified atom stereocenters. The second kappa shape index (κ2) is 5.88. The van der Waals surface area contributed by atoms with Crippen LogP contribution in [0.15, 0.2) is 40.5 Å². The van der Waals surface area contributed by atoms with Crippen molar-refractivity contribution in [2.45, 2.75) is 11.8 Å². The number of benzene rings is 1. The lowest BCUT2D eigenvalue weighted by Gasteiger charge is -2.03. The molecule has 0 N–H and O–H groups in total. The van der Waals surface area contributed by atoms with E-state index in [2.05, 4.69) is 8.92 Å². The minimum atomic E-state index is -3.98. The van der Waals surface area contributed by atoms with Crippen LogP contribution in [-0.2, 0) is 23.8 Å². The first-order valence-electron chi connectivity index (χ1n) is 4.81. The maximum Gasteiger partial charge on any atom is 0.352 e. The van der Waals surface area contributed by atoms with Crippen LogP contribution < -0.4 is 0 Å². The van der Waals surface area contributed by atoms with Crippen LogP contribution in [0.2, 0.25) is 0 Å². The molecule has 0 aliphatic heterocycles. The zero-order chi connectivity index (χ0) is 13.8. The number of hydrogen-bond acceptors (Lipinski definition) is 5. The summed E-state index contributed by atoms with van der Waals surface area (Å²) in [5.41, 5.74) is 0.914. The highest BCUT2D eigenvalue weighted by Crippen LogP contribution is 2.15. The van der Waals surface area contributed by atoms with Crippen molar-refractivity contribution in [3.8, 4) is 0 Å². The van der Waals surface area contributed by atoms with Gasteiger partial charge < -0.3 is 8.92 Å². The Balaban J connectivity index is 2.90. The molecular weight excluding hydrogens is 280 g/mol. The van der Waals surface area contributed by atoms with Crippen molar-refractivity contribution in [2.24, 2.45) is 0 Å². The highest BCUT2D eigenvalue weighted by atomic mass is 35.5. The molecule has 1 aromatic rings. The molecule has 0 aliphatic carbocycles. The summed E-state index contributed by atoms with van der Waals surface area (Å²) in [6, 6.07) is 6.04. The number of halogens is 1. The maximum atomic E-state index is 11.7. The second-order valence-corrected chi connectivity index (χ2v) is 5.30. The fourth-order valence-electron chi connectivity index (χ4n) is 1.01. The van der Waals surface area contributed by atoms with Gasteiger partial charge in [-0.15, -0.1) is 0 Å². The van der Waals surface area contributed by atoms with E-state index >= 15 is 0 Å². The van der Waals surface area contributed by atoms with Crippen molar-refractivity contribution in [1.29, 1.82) is 0 Å². The van der Waals surface area contributed by atoms with Crippen molar-refractivity contribution in [1.82, 2.24) is 0 Å². The molecule has 98 valence electrons. The summed E-state index contributed by atoms with van der Waals surface area (Å²) in [6.45, 7) is 1.82. The number of hydrogen-bond donors (Lipinski definition) is 0.